The lowest BCUT2D eigenvalue weighted by molar-refractivity contribution is -0.141. The fourth-order valence-electron chi connectivity index (χ4n) is 1.69. The molecule has 1 amide bonds. The molecule has 5 nitrogen and oxygen atoms in total. The van der Waals surface area contributed by atoms with E-state index in [9.17, 15) is 9.59 Å². The molecule has 0 radical (unpaired) electrons. The summed E-state index contributed by atoms with van der Waals surface area (Å²) in [6.45, 7) is 2.09. The van der Waals surface area contributed by atoms with Gasteiger partial charge in [0.2, 0.25) is 5.91 Å². The van der Waals surface area contributed by atoms with Crippen molar-refractivity contribution in [3.63, 3.8) is 0 Å². The lowest BCUT2D eigenvalue weighted by Gasteiger charge is -2.05. The van der Waals surface area contributed by atoms with Crippen LogP contribution in [-0.4, -0.2) is 23.5 Å². The molecule has 0 aliphatic rings. The van der Waals surface area contributed by atoms with Gasteiger partial charge in [-0.25, -0.2) is 0 Å². The Balaban J connectivity index is 2.35. The molecular weight excluding hydrogens is 268 g/mol. The van der Waals surface area contributed by atoms with E-state index in [1.54, 1.807) is 37.3 Å². The molecule has 0 aliphatic heterocycles. The number of hydrogen-bond acceptors (Lipinski definition) is 3. The molecule has 21 heavy (non-hydrogen) atoms. The average molecular weight is 286 g/mol. The van der Waals surface area contributed by atoms with Crippen molar-refractivity contribution in [3.8, 4) is 6.07 Å². The van der Waals surface area contributed by atoms with Gasteiger partial charge < -0.3 is 10.4 Å². The Morgan fingerprint density at radius 3 is 2.90 bits per heavy atom. The maximum Gasteiger partial charge on any atom is 0.306 e. The average Bonchev–Trinajstić information content (AvgIpc) is 2.49. The van der Waals surface area contributed by atoms with Crippen LogP contribution in [0.15, 0.2) is 30.3 Å². The Labute approximate surface area is 123 Å². The SMILES string of the molecule is CC(CCCNC(=O)/C=C/c1cccc(C#N)c1)C(=O)O. The van der Waals surface area contributed by atoms with Crippen LogP contribution >= 0.6 is 0 Å². The summed E-state index contributed by atoms with van der Waals surface area (Å²) in [4.78, 5) is 22.2. The molecule has 0 bridgehead atoms. The van der Waals surface area contributed by atoms with E-state index in [2.05, 4.69) is 5.32 Å². The number of carbonyl (C=O) groups is 2. The van der Waals surface area contributed by atoms with Gasteiger partial charge >= 0.3 is 5.97 Å². The summed E-state index contributed by atoms with van der Waals surface area (Å²) < 4.78 is 0. The lowest BCUT2D eigenvalue weighted by Crippen LogP contribution is -2.23. The molecule has 0 aromatic heterocycles. The number of nitriles is 1. The van der Waals surface area contributed by atoms with Crippen LogP contribution in [0.4, 0.5) is 0 Å². The summed E-state index contributed by atoms with van der Waals surface area (Å²) in [5, 5.41) is 20.2. The van der Waals surface area contributed by atoms with E-state index >= 15 is 0 Å². The van der Waals surface area contributed by atoms with Crippen molar-refractivity contribution in [2.45, 2.75) is 19.8 Å². The number of carbonyl (C=O) groups excluding carboxylic acids is 1. The number of rotatable bonds is 7. The Kier molecular flexibility index (Phi) is 6.69. The monoisotopic (exact) mass is 286 g/mol. The Morgan fingerprint density at radius 2 is 2.24 bits per heavy atom. The first-order chi connectivity index (χ1) is 10.0. The van der Waals surface area contributed by atoms with Crippen LogP contribution in [0.1, 0.15) is 30.9 Å². The number of nitrogens with zero attached hydrogens (tertiary/aromatic N) is 1. The Morgan fingerprint density at radius 1 is 1.48 bits per heavy atom. The van der Waals surface area contributed by atoms with Crippen molar-refractivity contribution >= 4 is 18.0 Å². The second-order valence-electron chi connectivity index (χ2n) is 4.74. The molecule has 5 heteroatoms. The molecule has 0 heterocycles. The van der Waals surface area contributed by atoms with Crippen LogP contribution < -0.4 is 5.32 Å². The van der Waals surface area contributed by atoms with Crippen molar-refractivity contribution in [1.82, 2.24) is 5.32 Å². The first kappa shape index (κ1) is 16.4. The molecule has 1 aromatic carbocycles. The number of hydrogen-bond donors (Lipinski definition) is 2. The minimum absolute atomic E-state index is 0.236. The fraction of sp³-hybridized carbons (Fsp3) is 0.312. The molecule has 1 aromatic rings. The fourth-order valence-corrected chi connectivity index (χ4v) is 1.69. The van der Waals surface area contributed by atoms with Gasteiger partial charge in [-0.3, -0.25) is 9.59 Å². The van der Waals surface area contributed by atoms with Gasteiger partial charge in [0.15, 0.2) is 0 Å². The first-order valence-electron chi connectivity index (χ1n) is 6.72. The lowest BCUT2D eigenvalue weighted by atomic mass is 10.1. The van der Waals surface area contributed by atoms with Crippen molar-refractivity contribution in [2.75, 3.05) is 6.54 Å². The zero-order chi connectivity index (χ0) is 15.7. The summed E-state index contributed by atoms with van der Waals surface area (Å²) in [6, 6.07) is 8.98. The molecule has 0 fully saturated rings. The largest absolute Gasteiger partial charge is 0.481 e. The topological polar surface area (TPSA) is 90.2 Å². The third-order valence-electron chi connectivity index (χ3n) is 2.98. The molecule has 110 valence electrons. The summed E-state index contributed by atoms with van der Waals surface area (Å²) in [5.41, 5.74) is 1.32. The minimum atomic E-state index is -0.821. The molecule has 2 N–H and O–H groups in total. The molecular formula is C16H18N2O3. The van der Waals surface area contributed by atoms with E-state index in [-0.39, 0.29) is 5.91 Å². The van der Waals surface area contributed by atoms with Gasteiger partial charge in [0.05, 0.1) is 17.6 Å². The van der Waals surface area contributed by atoms with Gasteiger partial charge in [0.25, 0.3) is 0 Å². The highest BCUT2D eigenvalue weighted by atomic mass is 16.4. The predicted molar refractivity (Wildman–Crippen MR) is 79.2 cm³/mol. The van der Waals surface area contributed by atoms with E-state index in [4.69, 9.17) is 10.4 Å². The molecule has 0 aliphatic carbocycles. The second kappa shape index (κ2) is 8.54. The first-order valence-corrected chi connectivity index (χ1v) is 6.72. The normalized spacial score (nSPS) is 11.8. The minimum Gasteiger partial charge on any atom is -0.481 e. The van der Waals surface area contributed by atoms with E-state index in [0.717, 1.165) is 5.56 Å². The quantitative estimate of drug-likeness (QED) is 0.594. The number of amides is 1. The van der Waals surface area contributed by atoms with E-state index in [1.165, 1.54) is 6.08 Å². The maximum atomic E-state index is 11.6. The van der Waals surface area contributed by atoms with Crippen LogP contribution in [0.3, 0.4) is 0 Å². The number of carboxylic acids is 1. The van der Waals surface area contributed by atoms with Gasteiger partial charge in [-0.15, -0.1) is 0 Å². The summed E-state index contributed by atoms with van der Waals surface area (Å²) >= 11 is 0. The van der Waals surface area contributed by atoms with Crippen molar-refractivity contribution < 1.29 is 14.7 Å². The van der Waals surface area contributed by atoms with Crippen molar-refractivity contribution in [1.29, 1.82) is 5.26 Å². The third kappa shape index (κ3) is 6.39. The molecule has 1 rings (SSSR count). The van der Waals surface area contributed by atoms with Gasteiger partial charge in [0, 0.05) is 12.6 Å². The molecule has 0 saturated carbocycles. The zero-order valence-corrected chi connectivity index (χ0v) is 11.9. The van der Waals surface area contributed by atoms with Crippen LogP contribution in [0, 0.1) is 17.2 Å². The van der Waals surface area contributed by atoms with Gasteiger partial charge in [-0.2, -0.15) is 5.26 Å². The number of nitrogens with one attached hydrogen (secondary N) is 1. The van der Waals surface area contributed by atoms with Gasteiger partial charge in [0.1, 0.15) is 0 Å². The van der Waals surface area contributed by atoms with E-state index < -0.39 is 11.9 Å². The Hall–Kier alpha value is -2.61. The predicted octanol–water partition coefficient (Wildman–Crippen LogP) is 2.19. The maximum absolute atomic E-state index is 11.6. The Bertz CT molecular complexity index is 573. The highest BCUT2D eigenvalue weighted by Gasteiger charge is 2.09. The standard InChI is InChI=1S/C16H18N2O3/c1-12(16(20)21)4-3-9-18-15(19)8-7-13-5-2-6-14(10-13)11-17/h2,5-8,10,12H,3-4,9H2,1H3,(H,18,19)(H,20,21)/b8-7+. The number of aliphatic carboxylic acids is 1. The van der Waals surface area contributed by atoms with Gasteiger partial charge in [-0.05, 0) is 36.6 Å². The second-order valence-corrected chi connectivity index (χ2v) is 4.74. The molecule has 1 atom stereocenters. The van der Waals surface area contributed by atoms with Gasteiger partial charge in [-0.1, -0.05) is 19.1 Å². The highest BCUT2D eigenvalue weighted by Crippen LogP contribution is 2.06. The van der Waals surface area contributed by atoms with Crippen LogP contribution in [0.2, 0.25) is 0 Å². The molecule has 1 unspecified atom stereocenters. The number of benzene rings is 1. The summed E-state index contributed by atoms with van der Waals surface area (Å²) in [5.74, 6) is -1.45. The summed E-state index contributed by atoms with van der Waals surface area (Å²) in [6.07, 6.45) is 4.19. The summed E-state index contributed by atoms with van der Waals surface area (Å²) in [7, 11) is 0. The number of carboxylic acid groups (broad SMARTS) is 1. The third-order valence-corrected chi connectivity index (χ3v) is 2.98. The van der Waals surface area contributed by atoms with Crippen LogP contribution in [0.5, 0.6) is 0 Å². The molecule has 0 spiro atoms. The van der Waals surface area contributed by atoms with Crippen molar-refractivity contribution in [3.05, 3.63) is 41.5 Å². The highest BCUT2D eigenvalue weighted by molar-refractivity contribution is 5.91. The van der Waals surface area contributed by atoms with Crippen molar-refractivity contribution in [2.24, 2.45) is 5.92 Å². The van der Waals surface area contributed by atoms with Crippen LogP contribution in [0.25, 0.3) is 6.08 Å². The molecule has 0 saturated heterocycles. The van der Waals surface area contributed by atoms with E-state index in [0.29, 0.717) is 24.9 Å². The van der Waals surface area contributed by atoms with E-state index in [1.807, 2.05) is 6.07 Å². The zero-order valence-electron chi connectivity index (χ0n) is 11.9. The van der Waals surface area contributed by atoms with Crippen LogP contribution in [-0.2, 0) is 9.59 Å². The smallest absolute Gasteiger partial charge is 0.306 e.